The Morgan fingerprint density at radius 2 is 2.60 bits per heavy atom. The highest BCUT2D eigenvalue weighted by Gasteiger charge is 2.20. The van der Waals surface area contributed by atoms with E-state index in [9.17, 15) is 4.79 Å². The normalized spacial score (nSPS) is 20.7. The predicted octanol–water partition coefficient (Wildman–Crippen LogP) is 1.51. The Kier molecular flexibility index (Phi) is 3.16. The summed E-state index contributed by atoms with van der Waals surface area (Å²) in [4.78, 5) is 11.8. The van der Waals surface area contributed by atoms with Gasteiger partial charge < -0.3 is 4.74 Å². The molecule has 0 N–H and O–H groups in total. The molecule has 4 nitrogen and oxygen atoms in total. The van der Waals surface area contributed by atoms with E-state index in [1.54, 1.807) is 10.9 Å². The molecule has 4 heteroatoms. The van der Waals surface area contributed by atoms with Crippen LogP contribution in [0.3, 0.4) is 0 Å². The smallest absolute Gasteiger partial charge is 0.166 e. The molecule has 1 aliphatic heterocycles. The highest BCUT2D eigenvalue weighted by molar-refractivity contribution is 5.95. The van der Waals surface area contributed by atoms with Crippen molar-refractivity contribution in [2.24, 2.45) is 5.92 Å². The molecule has 0 bridgehead atoms. The number of hydrogen-bond donors (Lipinski definition) is 0. The lowest BCUT2D eigenvalue weighted by atomic mass is 9.99. The summed E-state index contributed by atoms with van der Waals surface area (Å²) in [5.41, 5.74) is 0.726. The lowest BCUT2D eigenvalue weighted by Gasteiger charge is -2.03. The summed E-state index contributed by atoms with van der Waals surface area (Å²) in [7, 11) is 0. The molecule has 1 aromatic heterocycles. The number of Topliss-reactive ketones (excluding diaryl/α,β-unsaturated/α-hetero) is 1. The van der Waals surface area contributed by atoms with Crippen LogP contribution >= 0.6 is 0 Å². The van der Waals surface area contributed by atoms with Crippen LogP contribution in [0.1, 0.15) is 30.1 Å². The van der Waals surface area contributed by atoms with Crippen LogP contribution in [0.5, 0.6) is 0 Å². The van der Waals surface area contributed by atoms with E-state index in [0.29, 0.717) is 12.3 Å². The zero-order chi connectivity index (χ0) is 10.7. The van der Waals surface area contributed by atoms with Gasteiger partial charge in [-0.3, -0.25) is 9.48 Å². The van der Waals surface area contributed by atoms with Crippen LogP contribution in [0, 0.1) is 5.92 Å². The molecule has 0 spiro atoms. The maximum absolute atomic E-state index is 11.8. The first kappa shape index (κ1) is 10.4. The molecule has 1 fully saturated rings. The van der Waals surface area contributed by atoms with Crippen LogP contribution in [-0.4, -0.2) is 28.8 Å². The maximum Gasteiger partial charge on any atom is 0.166 e. The van der Waals surface area contributed by atoms with Gasteiger partial charge in [0.25, 0.3) is 0 Å². The van der Waals surface area contributed by atoms with Crippen molar-refractivity contribution in [3.8, 4) is 0 Å². The Bertz CT molecular complexity index is 340. The third-order valence-electron chi connectivity index (χ3n) is 2.78. The second-order valence-corrected chi connectivity index (χ2v) is 3.94. The van der Waals surface area contributed by atoms with Gasteiger partial charge in [0.05, 0.1) is 11.8 Å². The second kappa shape index (κ2) is 4.57. The van der Waals surface area contributed by atoms with Crippen molar-refractivity contribution in [3.05, 3.63) is 18.0 Å². The minimum atomic E-state index is 0.185. The van der Waals surface area contributed by atoms with Crippen LogP contribution in [0.15, 0.2) is 12.4 Å². The third-order valence-corrected chi connectivity index (χ3v) is 2.78. The quantitative estimate of drug-likeness (QED) is 0.704. The summed E-state index contributed by atoms with van der Waals surface area (Å²) in [6.07, 6.45) is 5.07. The van der Waals surface area contributed by atoms with E-state index in [0.717, 1.165) is 31.7 Å². The van der Waals surface area contributed by atoms with Crippen molar-refractivity contribution in [1.29, 1.82) is 0 Å². The molecule has 0 radical (unpaired) electrons. The molecule has 1 aromatic rings. The van der Waals surface area contributed by atoms with Crippen molar-refractivity contribution >= 4 is 5.78 Å². The van der Waals surface area contributed by atoms with E-state index in [2.05, 4.69) is 5.10 Å². The molecule has 0 aliphatic carbocycles. The van der Waals surface area contributed by atoms with Gasteiger partial charge in [0.1, 0.15) is 0 Å². The minimum Gasteiger partial charge on any atom is -0.381 e. The number of ether oxygens (including phenoxy) is 1. The fraction of sp³-hybridized carbons (Fsp3) is 0.636. The first-order valence-corrected chi connectivity index (χ1v) is 5.43. The fourth-order valence-electron chi connectivity index (χ4n) is 1.80. The van der Waals surface area contributed by atoms with Gasteiger partial charge in [0.2, 0.25) is 0 Å². The van der Waals surface area contributed by atoms with Gasteiger partial charge in [0, 0.05) is 32.4 Å². The molecule has 15 heavy (non-hydrogen) atoms. The summed E-state index contributed by atoms with van der Waals surface area (Å²) >= 11 is 0. The molecular formula is C11H16N2O2. The molecule has 1 aliphatic rings. The highest BCUT2D eigenvalue weighted by atomic mass is 16.5. The van der Waals surface area contributed by atoms with E-state index in [4.69, 9.17) is 4.74 Å². The first-order chi connectivity index (χ1) is 7.29. The molecule has 0 saturated carbocycles. The average molecular weight is 208 g/mol. The van der Waals surface area contributed by atoms with Crippen molar-refractivity contribution in [2.75, 3.05) is 13.2 Å². The first-order valence-electron chi connectivity index (χ1n) is 5.43. The molecular weight excluding hydrogens is 192 g/mol. The minimum absolute atomic E-state index is 0.185. The van der Waals surface area contributed by atoms with E-state index in [1.165, 1.54) is 0 Å². The van der Waals surface area contributed by atoms with Gasteiger partial charge in [-0.05, 0) is 19.3 Å². The Balaban J connectivity index is 1.94. The summed E-state index contributed by atoms with van der Waals surface area (Å²) in [6.45, 7) is 4.34. The predicted molar refractivity (Wildman–Crippen MR) is 55.8 cm³/mol. The zero-order valence-electron chi connectivity index (χ0n) is 8.98. The lowest BCUT2D eigenvalue weighted by molar-refractivity contribution is 0.0952. The standard InChI is InChI=1S/C11H16N2O2/c1-2-13-7-10(6-12-13)11(14)5-9-3-4-15-8-9/h6-7,9H,2-5,8H2,1H3. The summed E-state index contributed by atoms with van der Waals surface area (Å²) in [5, 5.41) is 4.09. The van der Waals surface area contributed by atoms with Gasteiger partial charge in [-0.1, -0.05) is 0 Å². The number of carbonyl (C=O) groups excluding carboxylic acids is 1. The van der Waals surface area contributed by atoms with Gasteiger partial charge in [-0.15, -0.1) is 0 Å². The molecule has 2 rings (SSSR count). The zero-order valence-corrected chi connectivity index (χ0v) is 8.98. The molecule has 1 saturated heterocycles. The number of hydrogen-bond acceptors (Lipinski definition) is 3. The lowest BCUT2D eigenvalue weighted by Crippen LogP contribution is -2.08. The number of nitrogens with zero attached hydrogens (tertiary/aromatic N) is 2. The molecule has 2 heterocycles. The number of rotatable bonds is 4. The molecule has 0 aromatic carbocycles. The van der Waals surface area contributed by atoms with Crippen molar-refractivity contribution < 1.29 is 9.53 Å². The van der Waals surface area contributed by atoms with E-state index >= 15 is 0 Å². The number of aryl methyl sites for hydroxylation is 1. The van der Waals surface area contributed by atoms with E-state index in [-0.39, 0.29) is 5.78 Å². The van der Waals surface area contributed by atoms with Crippen LogP contribution in [-0.2, 0) is 11.3 Å². The van der Waals surface area contributed by atoms with Crippen molar-refractivity contribution in [3.63, 3.8) is 0 Å². The molecule has 82 valence electrons. The van der Waals surface area contributed by atoms with Crippen LogP contribution in [0.25, 0.3) is 0 Å². The van der Waals surface area contributed by atoms with Gasteiger partial charge in [-0.2, -0.15) is 5.10 Å². The van der Waals surface area contributed by atoms with Crippen molar-refractivity contribution in [2.45, 2.75) is 26.3 Å². The van der Waals surface area contributed by atoms with Gasteiger partial charge >= 0.3 is 0 Å². The van der Waals surface area contributed by atoms with Gasteiger partial charge in [-0.25, -0.2) is 0 Å². The molecule has 1 unspecified atom stereocenters. The summed E-state index contributed by atoms with van der Waals surface area (Å²) in [6, 6.07) is 0. The third kappa shape index (κ3) is 2.45. The Morgan fingerprint density at radius 1 is 1.73 bits per heavy atom. The van der Waals surface area contributed by atoms with Gasteiger partial charge in [0.15, 0.2) is 5.78 Å². The molecule has 0 amide bonds. The Labute approximate surface area is 89.2 Å². The molecule has 1 atom stereocenters. The maximum atomic E-state index is 11.8. The number of aromatic nitrogens is 2. The Hall–Kier alpha value is -1.16. The van der Waals surface area contributed by atoms with E-state index in [1.807, 2.05) is 13.1 Å². The van der Waals surface area contributed by atoms with Crippen LogP contribution in [0.4, 0.5) is 0 Å². The topological polar surface area (TPSA) is 44.1 Å². The largest absolute Gasteiger partial charge is 0.381 e. The Morgan fingerprint density at radius 3 is 3.20 bits per heavy atom. The monoisotopic (exact) mass is 208 g/mol. The van der Waals surface area contributed by atoms with E-state index < -0.39 is 0 Å². The summed E-state index contributed by atoms with van der Waals surface area (Å²) < 4.78 is 7.02. The number of carbonyl (C=O) groups is 1. The van der Waals surface area contributed by atoms with Crippen LogP contribution < -0.4 is 0 Å². The average Bonchev–Trinajstić information content (AvgIpc) is 2.86. The van der Waals surface area contributed by atoms with Crippen LogP contribution in [0.2, 0.25) is 0 Å². The van der Waals surface area contributed by atoms with Crippen molar-refractivity contribution in [1.82, 2.24) is 9.78 Å². The fourth-order valence-corrected chi connectivity index (χ4v) is 1.80. The SMILES string of the molecule is CCn1cc(C(=O)CC2CCOC2)cn1. The summed E-state index contributed by atoms with van der Waals surface area (Å²) in [5.74, 6) is 0.590. The highest BCUT2D eigenvalue weighted by Crippen LogP contribution is 2.18. The second-order valence-electron chi connectivity index (χ2n) is 3.94. The number of ketones is 1.